The Bertz CT molecular complexity index is 288. The van der Waals surface area contributed by atoms with Crippen LogP contribution in [0.15, 0.2) is 18.3 Å². The zero-order valence-electron chi connectivity index (χ0n) is 7.41. The van der Waals surface area contributed by atoms with Crippen molar-refractivity contribution in [1.82, 2.24) is 4.98 Å². The van der Waals surface area contributed by atoms with Crippen LogP contribution in [0.25, 0.3) is 0 Å². The van der Waals surface area contributed by atoms with Gasteiger partial charge in [-0.3, -0.25) is 0 Å². The number of fused-ring (bicyclic) bond motifs is 1. The van der Waals surface area contributed by atoms with Crippen molar-refractivity contribution in [2.45, 2.75) is 19.9 Å². The van der Waals surface area contributed by atoms with Crippen molar-refractivity contribution in [2.24, 2.45) is 0 Å². The van der Waals surface area contributed by atoms with Crippen molar-refractivity contribution in [3.63, 3.8) is 0 Å². The lowest BCUT2D eigenvalue weighted by atomic mass is 10.3. The van der Waals surface area contributed by atoms with Crippen molar-refractivity contribution < 1.29 is 1.43 Å². The van der Waals surface area contributed by atoms with Crippen LogP contribution in [0.5, 0.6) is 0 Å². The molecule has 1 aromatic rings. The maximum atomic E-state index is 4.33. The van der Waals surface area contributed by atoms with E-state index in [1.54, 1.807) is 0 Å². The van der Waals surface area contributed by atoms with Gasteiger partial charge in [0.2, 0.25) is 0 Å². The lowest BCUT2D eigenvalue weighted by Gasteiger charge is -2.20. The molecule has 1 aliphatic rings. The van der Waals surface area contributed by atoms with Crippen LogP contribution in [-0.2, 0) is 0 Å². The summed E-state index contributed by atoms with van der Waals surface area (Å²) in [6, 6.07) is 4.52. The third-order valence-electron chi connectivity index (χ3n) is 2.12. The van der Waals surface area contributed by atoms with Gasteiger partial charge in [0.1, 0.15) is 0 Å². The molecule has 66 valence electrons. The van der Waals surface area contributed by atoms with Crippen molar-refractivity contribution >= 4 is 11.5 Å². The SMILES string of the molecule is CC(C)N1CNc2cccnc21.[HH]. The van der Waals surface area contributed by atoms with Crippen LogP contribution in [0.1, 0.15) is 15.3 Å². The first-order valence-electron chi connectivity index (χ1n) is 4.24. The summed E-state index contributed by atoms with van der Waals surface area (Å²) in [5.74, 6) is 1.08. The van der Waals surface area contributed by atoms with Crippen molar-refractivity contribution in [3.05, 3.63) is 18.3 Å². The van der Waals surface area contributed by atoms with Gasteiger partial charge in [-0.15, -0.1) is 0 Å². The molecule has 0 atom stereocenters. The summed E-state index contributed by atoms with van der Waals surface area (Å²) in [7, 11) is 0. The fourth-order valence-corrected chi connectivity index (χ4v) is 1.44. The molecule has 3 nitrogen and oxygen atoms in total. The maximum absolute atomic E-state index is 4.33. The Morgan fingerprint density at radius 1 is 1.67 bits per heavy atom. The highest BCUT2D eigenvalue weighted by Gasteiger charge is 2.20. The molecule has 0 aliphatic carbocycles. The van der Waals surface area contributed by atoms with Gasteiger partial charge in [-0.25, -0.2) is 4.98 Å². The highest BCUT2D eigenvalue weighted by Crippen LogP contribution is 2.28. The molecule has 0 fully saturated rings. The minimum Gasteiger partial charge on any atom is -0.365 e. The van der Waals surface area contributed by atoms with Crippen LogP contribution >= 0.6 is 0 Å². The molecular weight excluding hydrogens is 150 g/mol. The van der Waals surface area contributed by atoms with E-state index in [1.165, 1.54) is 0 Å². The second-order valence-corrected chi connectivity index (χ2v) is 3.27. The summed E-state index contributed by atoms with van der Waals surface area (Å²) in [6.07, 6.45) is 1.83. The quantitative estimate of drug-likeness (QED) is 0.689. The first-order valence-corrected chi connectivity index (χ1v) is 4.24. The van der Waals surface area contributed by atoms with E-state index >= 15 is 0 Å². The summed E-state index contributed by atoms with van der Waals surface area (Å²) in [5, 5.41) is 3.29. The molecule has 0 unspecified atom stereocenters. The fraction of sp³-hybridized carbons (Fsp3) is 0.444. The summed E-state index contributed by atoms with van der Waals surface area (Å²) in [4.78, 5) is 6.57. The molecule has 0 radical (unpaired) electrons. The van der Waals surface area contributed by atoms with E-state index < -0.39 is 0 Å². The summed E-state index contributed by atoms with van der Waals surface area (Å²) in [5.41, 5.74) is 1.14. The first kappa shape index (κ1) is 7.40. The van der Waals surface area contributed by atoms with Gasteiger partial charge in [-0.05, 0) is 26.0 Å². The number of hydrogen-bond donors (Lipinski definition) is 1. The van der Waals surface area contributed by atoms with Crippen LogP contribution in [-0.4, -0.2) is 17.7 Å². The van der Waals surface area contributed by atoms with E-state index in [4.69, 9.17) is 0 Å². The molecular formula is C9H15N3. The first-order chi connectivity index (χ1) is 5.79. The zero-order chi connectivity index (χ0) is 8.55. The van der Waals surface area contributed by atoms with Crippen molar-refractivity contribution in [2.75, 3.05) is 16.9 Å². The van der Waals surface area contributed by atoms with Crippen LogP contribution < -0.4 is 10.2 Å². The lowest BCUT2D eigenvalue weighted by Crippen LogP contribution is -2.30. The third-order valence-corrected chi connectivity index (χ3v) is 2.12. The Labute approximate surface area is 73.9 Å². The van der Waals surface area contributed by atoms with E-state index in [2.05, 4.69) is 35.1 Å². The predicted octanol–water partition coefficient (Wildman–Crippen LogP) is 1.93. The van der Waals surface area contributed by atoms with E-state index in [0.717, 1.165) is 18.2 Å². The monoisotopic (exact) mass is 165 g/mol. The van der Waals surface area contributed by atoms with Gasteiger partial charge < -0.3 is 10.2 Å². The molecule has 0 saturated carbocycles. The van der Waals surface area contributed by atoms with Gasteiger partial charge in [0, 0.05) is 13.7 Å². The highest BCUT2D eigenvalue weighted by molar-refractivity contribution is 5.70. The minimum atomic E-state index is 0. The third kappa shape index (κ3) is 1.02. The van der Waals surface area contributed by atoms with E-state index in [9.17, 15) is 0 Å². The summed E-state index contributed by atoms with van der Waals surface area (Å²) in [6.45, 7) is 5.22. The Morgan fingerprint density at radius 3 is 3.25 bits per heavy atom. The summed E-state index contributed by atoms with van der Waals surface area (Å²) < 4.78 is 0. The molecule has 3 heteroatoms. The smallest absolute Gasteiger partial charge is 0.153 e. The molecule has 1 N–H and O–H groups in total. The Balaban J connectivity index is 0.000000845. The maximum Gasteiger partial charge on any atom is 0.153 e. The van der Waals surface area contributed by atoms with Gasteiger partial charge in [-0.2, -0.15) is 0 Å². The van der Waals surface area contributed by atoms with Crippen LogP contribution in [0, 0.1) is 0 Å². The van der Waals surface area contributed by atoms with E-state index in [1.807, 2.05) is 12.3 Å². The highest BCUT2D eigenvalue weighted by atomic mass is 15.3. The minimum absolute atomic E-state index is 0. The normalized spacial score (nSPS) is 14.8. The average Bonchev–Trinajstić information content (AvgIpc) is 2.47. The van der Waals surface area contributed by atoms with Gasteiger partial charge in [0.25, 0.3) is 0 Å². The second-order valence-electron chi connectivity index (χ2n) is 3.27. The lowest BCUT2D eigenvalue weighted by molar-refractivity contribution is 0.718. The molecule has 1 aliphatic heterocycles. The standard InChI is InChI=1S/C9H13N3.H2/c1-7(2)12-6-11-8-4-3-5-10-9(8)12;/h3-5,7,11H,6H2,1-2H3;1H. The van der Waals surface area contributed by atoms with E-state index in [0.29, 0.717) is 6.04 Å². The molecule has 12 heavy (non-hydrogen) atoms. The number of rotatable bonds is 1. The molecule has 0 aromatic carbocycles. The van der Waals surface area contributed by atoms with Gasteiger partial charge in [-0.1, -0.05) is 0 Å². The largest absolute Gasteiger partial charge is 0.365 e. The van der Waals surface area contributed by atoms with E-state index in [-0.39, 0.29) is 1.43 Å². The van der Waals surface area contributed by atoms with Crippen LogP contribution in [0.4, 0.5) is 11.5 Å². The van der Waals surface area contributed by atoms with Crippen molar-refractivity contribution in [1.29, 1.82) is 0 Å². The molecule has 2 rings (SSSR count). The van der Waals surface area contributed by atoms with Crippen LogP contribution in [0.3, 0.4) is 0 Å². The fourth-order valence-electron chi connectivity index (χ4n) is 1.44. The predicted molar refractivity (Wildman–Crippen MR) is 52.5 cm³/mol. The van der Waals surface area contributed by atoms with Crippen LogP contribution in [0.2, 0.25) is 0 Å². The Morgan fingerprint density at radius 2 is 2.50 bits per heavy atom. The number of nitrogens with zero attached hydrogens (tertiary/aromatic N) is 2. The number of nitrogens with one attached hydrogen (secondary N) is 1. The number of hydrogen-bond acceptors (Lipinski definition) is 3. The summed E-state index contributed by atoms with van der Waals surface area (Å²) >= 11 is 0. The molecule has 0 spiro atoms. The molecule has 2 heterocycles. The molecule has 0 saturated heterocycles. The van der Waals surface area contributed by atoms with Gasteiger partial charge >= 0.3 is 0 Å². The zero-order valence-corrected chi connectivity index (χ0v) is 7.41. The topological polar surface area (TPSA) is 28.2 Å². The number of aromatic nitrogens is 1. The average molecular weight is 165 g/mol. The molecule has 0 bridgehead atoms. The second kappa shape index (κ2) is 2.66. The Kier molecular flexibility index (Phi) is 1.64. The molecule has 1 aromatic heterocycles. The van der Waals surface area contributed by atoms with Gasteiger partial charge in [0.15, 0.2) is 5.82 Å². The number of pyridine rings is 1. The Hall–Kier alpha value is -1.25. The number of anilines is 2. The van der Waals surface area contributed by atoms with Crippen molar-refractivity contribution in [3.8, 4) is 0 Å². The van der Waals surface area contributed by atoms with Gasteiger partial charge in [0.05, 0.1) is 12.4 Å². The molecule has 0 amide bonds.